The zero-order valence-corrected chi connectivity index (χ0v) is 13.2. The topological polar surface area (TPSA) is 21.3 Å². The van der Waals surface area contributed by atoms with Crippen LogP contribution < -0.4 is 10.1 Å². The molecule has 1 N–H and O–H groups in total. The van der Waals surface area contributed by atoms with E-state index in [0.29, 0.717) is 11.3 Å². The van der Waals surface area contributed by atoms with Crippen LogP contribution in [-0.2, 0) is 0 Å². The van der Waals surface area contributed by atoms with Crippen LogP contribution in [-0.4, -0.2) is 7.11 Å². The molecule has 0 radical (unpaired) electrons. The lowest BCUT2D eigenvalue weighted by Crippen LogP contribution is -2.11. The second kappa shape index (κ2) is 6.39. The van der Waals surface area contributed by atoms with Gasteiger partial charge in [0, 0.05) is 9.26 Å². The molecule has 1 atom stereocenters. The van der Waals surface area contributed by atoms with Crippen LogP contribution in [0.4, 0.5) is 14.5 Å². The highest BCUT2D eigenvalue weighted by atomic mass is 127. The number of hydrogen-bond donors (Lipinski definition) is 1. The number of halogens is 3. The fraction of sp³-hybridized carbons (Fsp3) is 0.200. The van der Waals surface area contributed by atoms with Crippen molar-refractivity contribution in [2.24, 2.45) is 0 Å². The molecule has 0 amide bonds. The third-order valence-corrected chi connectivity index (χ3v) is 3.86. The lowest BCUT2D eigenvalue weighted by Gasteiger charge is -2.19. The molecule has 0 aliphatic rings. The van der Waals surface area contributed by atoms with Crippen molar-refractivity contribution in [3.05, 3.63) is 57.2 Å². The average molecular weight is 389 g/mol. The highest BCUT2D eigenvalue weighted by Gasteiger charge is 2.17. The summed E-state index contributed by atoms with van der Waals surface area (Å²) < 4.78 is 33.0. The molecule has 5 heteroatoms. The van der Waals surface area contributed by atoms with Crippen LogP contribution in [0.5, 0.6) is 5.75 Å². The summed E-state index contributed by atoms with van der Waals surface area (Å²) in [6, 6.07) is 8.85. The molecule has 106 valence electrons. The maximum atomic E-state index is 14.0. The SMILES string of the molecule is COc1cccc(F)c1C(C)Nc1ccc(F)cc1I. The Labute approximate surface area is 130 Å². The van der Waals surface area contributed by atoms with Crippen LogP contribution >= 0.6 is 22.6 Å². The summed E-state index contributed by atoms with van der Waals surface area (Å²) in [5, 5.41) is 3.18. The molecule has 0 aromatic heterocycles. The Hall–Kier alpha value is -1.37. The van der Waals surface area contributed by atoms with Gasteiger partial charge in [-0.1, -0.05) is 6.07 Å². The van der Waals surface area contributed by atoms with Gasteiger partial charge >= 0.3 is 0 Å². The average Bonchev–Trinajstić information content (AvgIpc) is 2.41. The molecular formula is C15H14F2INO. The maximum absolute atomic E-state index is 14.0. The minimum atomic E-state index is -0.332. The van der Waals surface area contributed by atoms with E-state index in [1.54, 1.807) is 18.2 Å². The monoisotopic (exact) mass is 389 g/mol. The molecule has 0 aliphatic carbocycles. The highest BCUT2D eigenvalue weighted by Crippen LogP contribution is 2.31. The maximum Gasteiger partial charge on any atom is 0.132 e. The van der Waals surface area contributed by atoms with Gasteiger partial charge in [0.1, 0.15) is 17.4 Å². The lowest BCUT2D eigenvalue weighted by atomic mass is 10.1. The van der Waals surface area contributed by atoms with Crippen LogP contribution in [0.1, 0.15) is 18.5 Å². The minimum Gasteiger partial charge on any atom is -0.496 e. The van der Waals surface area contributed by atoms with Crippen molar-refractivity contribution in [1.82, 2.24) is 0 Å². The zero-order valence-electron chi connectivity index (χ0n) is 11.1. The van der Waals surface area contributed by atoms with Gasteiger partial charge in [0.15, 0.2) is 0 Å². The third kappa shape index (κ3) is 3.20. The molecule has 20 heavy (non-hydrogen) atoms. The van der Waals surface area contributed by atoms with E-state index in [2.05, 4.69) is 5.32 Å². The van der Waals surface area contributed by atoms with E-state index >= 15 is 0 Å². The van der Waals surface area contributed by atoms with E-state index in [1.807, 2.05) is 29.5 Å². The van der Waals surface area contributed by atoms with Crippen molar-refractivity contribution >= 4 is 28.3 Å². The van der Waals surface area contributed by atoms with Crippen molar-refractivity contribution in [2.45, 2.75) is 13.0 Å². The van der Waals surface area contributed by atoms with Gasteiger partial charge < -0.3 is 10.1 Å². The van der Waals surface area contributed by atoms with E-state index in [0.717, 1.165) is 9.26 Å². The lowest BCUT2D eigenvalue weighted by molar-refractivity contribution is 0.402. The van der Waals surface area contributed by atoms with Gasteiger partial charge in [0.25, 0.3) is 0 Å². The van der Waals surface area contributed by atoms with Gasteiger partial charge in [-0.25, -0.2) is 8.78 Å². The van der Waals surface area contributed by atoms with Crippen molar-refractivity contribution in [3.8, 4) is 5.75 Å². The van der Waals surface area contributed by atoms with Crippen LogP contribution in [0.15, 0.2) is 36.4 Å². The molecule has 0 heterocycles. The molecule has 0 aliphatic heterocycles. The molecule has 2 nitrogen and oxygen atoms in total. The van der Waals surface area contributed by atoms with Gasteiger partial charge in [-0.2, -0.15) is 0 Å². The number of benzene rings is 2. The number of hydrogen-bond acceptors (Lipinski definition) is 2. The molecule has 1 unspecified atom stereocenters. The first-order chi connectivity index (χ1) is 9.52. The second-order valence-electron chi connectivity index (χ2n) is 4.35. The van der Waals surface area contributed by atoms with Gasteiger partial charge in [-0.3, -0.25) is 0 Å². The van der Waals surface area contributed by atoms with Crippen LogP contribution in [0.2, 0.25) is 0 Å². The first-order valence-electron chi connectivity index (χ1n) is 6.07. The van der Waals surface area contributed by atoms with E-state index < -0.39 is 0 Å². The summed E-state index contributed by atoms with van der Waals surface area (Å²) in [6.07, 6.45) is 0. The number of nitrogens with one attached hydrogen (secondary N) is 1. The Morgan fingerprint density at radius 1 is 1.20 bits per heavy atom. The third-order valence-electron chi connectivity index (χ3n) is 2.97. The summed E-state index contributed by atoms with van der Waals surface area (Å²) >= 11 is 2.04. The molecule has 2 aromatic carbocycles. The predicted molar refractivity (Wildman–Crippen MR) is 84.1 cm³/mol. The predicted octanol–water partition coefficient (Wildman–Crippen LogP) is 4.75. The first kappa shape index (κ1) is 15.0. The van der Waals surface area contributed by atoms with Crippen molar-refractivity contribution < 1.29 is 13.5 Å². The van der Waals surface area contributed by atoms with Gasteiger partial charge in [0.2, 0.25) is 0 Å². The Kier molecular flexibility index (Phi) is 4.80. The molecule has 0 spiro atoms. The van der Waals surface area contributed by atoms with Gasteiger partial charge in [-0.05, 0) is 59.8 Å². The van der Waals surface area contributed by atoms with E-state index in [9.17, 15) is 8.78 Å². The Morgan fingerprint density at radius 2 is 1.95 bits per heavy atom. The summed E-state index contributed by atoms with van der Waals surface area (Å²) in [7, 11) is 1.51. The fourth-order valence-electron chi connectivity index (χ4n) is 2.03. The number of methoxy groups -OCH3 is 1. The van der Waals surface area contributed by atoms with Crippen molar-refractivity contribution in [3.63, 3.8) is 0 Å². The molecule has 2 rings (SSSR count). The molecule has 0 saturated carbocycles. The number of rotatable bonds is 4. The first-order valence-corrected chi connectivity index (χ1v) is 7.14. The summed E-state index contributed by atoms with van der Waals surface area (Å²) in [4.78, 5) is 0. The standard InChI is InChI=1S/C15H14F2INO/c1-9(15-11(17)4-3-5-14(15)20-2)19-13-7-6-10(16)8-12(13)18/h3-9,19H,1-2H3. The molecular weight excluding hydrogens is 375 g/mol. The van der Waals surface area contributed by atoms with Gasteiger partial charge in [-0.15, -0.1) is 0 Å². The molecule has 0 fully saturated rings. The second-order valence-corrected chi connectivity index (χ2v) is 5.51. The summed E-state index contributed by atoms with van der Waals surface area (Å²) in [5.41, 5.74) is 1.21. The van der Waals surface area contributed by atoms with Crippen LogP contribution in [0, 0.1) is 15.2 Å². The van der Waals surface area contributed by atoms with Crippen LogP contribution in [0.3, 0.4) is 0 Å². The summed E-state index contributed by atoms with van der Waals surface area (Å²) in [6.45, 7) is 1.83. The van der Waals surface area contributed by atoms with Crippen molar-refractivity contribution in [2.75, 3.05) is 12.4 Å². The van der Waals surface area contributed by atoms with E-state index in [-0.39, 0.29) is 17.7 Å². The largest absolute Gasteiger partial charge is 0.496 e. The highest BCUT2D eigenvalue weighted by molar-refractivity contribution is 14.1. The molecule has 0 saturated heterocycles. The van der Waals surface area contributed by atoms with Gasteiger partial charge in [0.05, 0.1) is 18.7 Å². The number of ether oxygens (including phenoxy) is 1. The minimum absolute atomic E-state index is 0.295. The Balaban J connectivity index is 2.30. The smallest absolute Gasteiger partial charge is 0.132 e. The quantitative estimate of drug-likeness (QED) is 0.763. The molecule has 0 bridgehead atoms. The fourth-order valence-corrected chi connectivity index (χ4v) is 2.66. The zero-order chi connectivity index (χ0) is 14.7. The van der Waals surface area contributed by atoms with Crippen LogP contribution in [0.25, 0.3) is 0 Å². The Bertz CT molecular complexity index is 619. The van der Waals surface area contributed by atoms with E-state index in [1.165, 1.54) is 25.3 Å². The van der Waals surface area contributed by atoms with E-state index in [4.69, 9.17) is 4.74 Å². The number of anilines is 1. The van der Waals surface area contributed by atoms with Crippen molar-refractivity contribution in [1.29, 1.82) is 0 Å². The Morgan fingerprint density at radius 3 is 2.60 bits per heavy atom. The normalized spacial score (nSPS) is 12.1. The summed E-state index contributed by atoms with van der Waals surface area (Å²) in [5.74, 6) is -0.139. The molecule has 2 aromatic rings.